The van der Waals surface area contributed by atoms with Gasteiger partial charge in [-0.2, -0.15) is 0 Å². The summed E-state index contributed by atoms with van der Waals surface area (Å²) >= 11 is 0. The van der Waals surface area contributed by atoms with Crippen molar-refractivity contribution in [1.29, 1.82) is 0 Å². The standard InChI is InChI=1S/C13H11N3O4/c1-7-6-8(13(18)19)2-4-10(7)20-11-5-3-9(12(14)17)15-16-11/h2-6H,1H3,(H2,14,17)(H,18,19). The van der Waals surface area contributed by atoms with Gasteiger partial charge in [-0.15, -0.1) is 10.2 Å². The van der Waals surface area contributed by atoms with Crippen LogP contribution in [0.25, 0.3) is 0 Å². The highest BCUT2D eigenvalue weighted by atomic mass is 16.5. The molecule has 2 aromatic rings. The second-order valence-corrected chi connectivity index (χ2v) is 4.01. The average Bonchev–Trinajstić information content (AvgIpc) is 2.41. The van der Waals surface area contributed by atoms with E-state index < -0.39 is 11.9 Å². The highest BCUT2D eigenvalue weighted by molar-refractivity contribution is 5.90. The Hall–Kier alpha value is -2.96. The van der Waals surface area contributed by atoms with Gasteiger partial charge in [-0.1, -0.05) is 0 Å². The van der Waals surface area contributed by atoms with Crippen molar-refractivity contribution < 1.29 is 19.4 Å². The van der Waals surface area contributed by atoms with E-state index in [0.29, 0.717) is 11.3 Å². The predicted molar refractivity (Wildman–Crippen MR) is 68.8 cm³/mol. The zero-order chi connectivity index (χ0) is 14.7. The number of ether oxygens (including phenoxy) is 1. The lowest BCUT2D eigenvalue weighted by Gasteiger charge is -2.08. The van der Waals surface area contributed by atoms with Crippen molar-refractivity contribution in [2.45, 2.75) is 6.92 Å². The van der Waals surface area contributed by atoms with E-state index in [9.17, 15) is 9.59 Å². The van der Waals surface area contributed by atoms with Gasteiger partial charge in [0.15, 0.2) is 5.69 Å². The summed E-state index contributed by atoms with van der Waals surface area (Å²) in [7, 11) is 0. The van der Waals surface area contributed by atoms with Crippen LogP contribution in [0.2, 0.25) is 0 Å². The van der Waals surface area contributed by atoms with E-state index in [4.69, 9.17) is 15.6 Å². The van der Waals surface area contributed by atoms with Gasteiger partial charge in [-0.05, 0) is 36.8 Å². The third-order valence-corrected chi connectivity index (χ3v) is 2.53. The minimum absolute atomic E-state index is 0.0373. The van der Waals surface area contributed by atoms with Crippen LogP contribution in [-0.4, -0.2) is 27.2 Å². The molecule has 7 nitrogen and oxygen atoms in total. The Balaban J connectivity index is 2.21. The molecule has 20 heavy (non-hydrogen) atoms. The van der Waals surface area contributed by atoms with Gasteiger partial charge < -0.3 is 15.6 Å². The number of hydrogen-bond donors (Lipinski definition) is 2. The number of nitrogens with zero attached hydrogens (tertiary/aromatic N) is 2. The highest BCUT2D eigenvalue weighted by Crippen LogP contribution is 2.24. The highest BCUT2D eigenvalue weighted by Gasteiger charge is 2.09. The van der Waals surface area contributed by atoms with Crippen LogP contribution in [0.5, 0.6) is 11.6 Å². The number of aryl methyl sites for hydroxylation is 1. The fourth-order valence-corrected chi connectivity index (χ4v) is 1.52. The molecule has 3 N–H and O–H groups in total. The van der Waals surface area contributed by atoms with Crippen LogP contribution in [-0.2, 0) is 0 Å². The van der Waals surface area contributed by atoms with Gasteiger partial charge in [0.2, 0.25) is 5.88 Å². The van der Waals surface area contributed by atoms with E-state index in [2.05, 4.69) is 10.2 Å². The summed E-state index contributed by atoms with van der Waals surface area (Å²) in [5, 5.41) is 16.2. The van der Waals surface area contributed by atoms with Crippen LogP contribution in [0.15, 0.2) is 30.3 Å². The summed E-state index contributed by atoms with van der Waals surface area (Å²) in [6, 6.07) is 7.30. The number of hydrogen-bond acceptors (Lipinski definition) is 5. The maximum atomic E-state index is 10.8. The Morgan fingerprint density at radius 2 is 1.95 bits per heavy atom. The zero-order valence-electron chi connectivity index (χ0n) is 10.5. The van der Waals surface area contributed by atoms with Gasteiger partial charge in [-0.3, -0.25) is 4.79 Å². The van der Waals surface area contributed by atoms with Gasteiger partial charge in [0.25, 0.3) is 5.91 Å². The number of carboxylic acid groups (broad SMARTS) is 1. The monoisotopic (exact) mass is 273 g/mol. The summed E-state index contributed by atoms with van der Waals surface area (Å²) in [5.41, 5.74) is 5.90. The Kier molecular flexibility index (Phi) is 3.60. The lowest BCUT2D eigenvalue weighted by Crippen LogP contribution is -2.13. The molecule has 7 heteroatoms. The van der Waals surface area contributed by atoms with Crippen LogP contribution >= 0.6 is 0 Å². The third kappa shape index (κ3) is 2.89. The van der Waals surface area contributed by atoms with E-state index in [1.165, 1.54) is 30.3 Å². The normalized spacial score (nSPS) is 10.1. The molecule has 102 valence electrons. The molecular weight excluding hydrogens is 262 g/mol. The molecule has 0 aliphatic carbocycles. The summed E-state index contributed by atoms with van der Waals surface area (Å²) < 4.78 is 5.46. The number of carbonyl (C=O) groups excluding carboxylic acids is 1. The molecule has 2 rings (SSSR count). The Morgan fingerprint density at radius 3 is 2.45 bits per heavy atom. The van der Waals surface area contributed by atoms with E-state index in [1.807, 2.05) is 0 Å². The van der Waals surface area contributed by atoms with E-state index >= 15 is 0 Å². The van der Waals surface area contributed by atoms with E-state index in [1.54, 1.807) is 6.92 Å². The molecule has 0 saturated carbocycles. The topological polar surface area (TPSA) is 115 Å². The first-order valence-corrected chi connectivity index (χ1v) is 5.62. The minimum Gasteiger partial charge on any atom is -0.478 e. The summed E-state index contributed by atoms with van der Waals surface area (Å²) in [5.74, 6) is -1.05. The Bertz CT molecular complexity index is 668. The van der Waals surface area contributed by atoms with E-state index in [-0.39, 0.29) is 17.1 Å². The molecule has 0 aliphatic heterocycles. The first kappa shape index (κ1) is 13.5. The van der Waals surface area contributed by atoms with Crippen molar-refractivity contribution in [3.05, 3.63) is 47.2 Å². The van der Waals surface area contributed by atoms with Crippen molar-refractivity contribution in [2.24, 2.45) is 5.73 Å². The average molecular weight is 273 g/mol. The molecule has 1 heterocycles. The number of carboxylic acids is 1. The number of aromatic nitrogens is 2. The van der Waals surface area contributed by atoms with Crippen LogP contribution in [0.1, 0.15) is 26.4 Å². The lowest BCUT2D eigenvalue weighted by molar-refractivity contribution is 0.0696. The Morgan fingerprint density at radius 1 is 1.20 bits per heavy atom. The van der Waals surface area contributed by atoms with Gasteiger partial charge in [-0.25, -0.2) is 4.79 Å². The van der Waals surface area contributed by atoms with Crippen LogP contribution < -0.4 is 10.5 Å². The zero-order valence-corrected chi connectivity index (χ0v) is 10.5. The molecule has 0 spiro atoms. The second kappa shape index (κ2) is 5.35. The maximum absolute atomic E-state index is 10.8. The van der Waals surface area contributed by atoms with Gasteiger partial charge in [0.1, 0.15) is 5.75 Å². The second-order valence-electron chi connectivity index (χ2n) is 4.01. The molecular formula is C13H11N3O4. The number of primary amides is 1. The summed E-state index contributed by atoms with van der Waals surface area (Å²) in [6.45, 7) is 1.72. The number of aromatic carboxylic acids is 1. The van der Waals surface area contributed by atoms with Crippen molar-refractivity contribution in [3.63, 3.8) is 0 Å². The fraction of sp³-hybridized carbons (Fsp3) is 0.0769. The molecule has 1 amide bonds. The quantitative estimate of drug-likeness (QED) is 0.869. The molecule has 1 aromatic heterocycles. The van der Waals surface area contributed by atoms with Crippen molar-refractivity contribution >= 4 is 11.9 Å². The van der Waals surface area contributed by atoms with Crippen molar-refractivity contribution in [2.75, 3.05) is 0 Å². The minimum atomic E-state index is -1.01. The van der Waals surface area contributed by atoms with Crippen LogP contribution in [0.4, 0.5) is 0 Å². The summed E-state index contributed by atoms with van der Waals surface area (Å²) in [6.07, 6.45) is 0. The smallest absolute Gasteiger partial charge is 0.335 e. The number of benzene rings is 1. The fourth-order valence-electron chi connectivity index (χ4n) is 1.52. The van der Waals surface area contributed by atoms with Crippen LogP contribution in [0, 0.1) is 6.92 Å². The lowest BCUT2D eigenvalue weighted by atomic mass is 10.1. The number of carbonyl (C=O) groups is 2. The number of nitrogens with two attached hydrogens (primary N) is 1. The first-order chi connectivity index (χ1) is 9.47. The maximum Gasteiger partial charge on any atom is 0.335 e. The Labute approximate surface area is 114 Å². The molecule has 1 aromatic carbocycles. The molecule has 0 saturated heterocycles. The van der Waals surface area contributed by atoms with Crippen molar-refractivity contribution in [1.82, 2.24) is 10.2 Å². The van der Waals surface area contributed by atoms with Gasteiger partial charge in [0, 0.05) is 6.07 Å². The molecule has 0 unspecified atom stereocenters. The first-order valence-electron chi connectivity index (χ1n) is 5.62. The van der Waals surface area contributed by atoms with Crippen LogP contribution in [0.3, 0.4) is 0 Å². The molecule has 0 fully saturated rings. The van der Waals surface area contributed by atoms with Gasteiger partial charge >= 0.3 is 5.97 Å². The largest absolute Gasteiger partial charge is 0.478 e. The third-order valence-electron chi connectivity index (χ3n) is 2.53. The predicted octanol–water partition coefficient (Wildman–Crippen LogP) is 1.37. The van der Waals surface area contributed by atoms with Crippen molar-refractivity contribution in [3.8, 4) is 11.6 Å². The summed E-state index contributed by atoms with van der Waals surface area (Å²) in [4.78, 5) is 21.7. The molecule has 0 aliphatic rings. The van der Waals surface area contributed by atoms with Gasteiger partial charge in [0.05, 0.1) is 5.56 Å². The SMILES string of the molecule is Cc1cc(C(=O)O)ccc1Oc1ccc(C(N)=O)nn1. The molecule has 0 radical (unpaired) electrons. The molecule has 0 atom stereocenters. The number of amides is 1. The number of rotatable bonds is 4. The molecule has 0 bridgehead atoms. The van der Waals surface area contributed by atoms with E-state index in [0.717, 1.165) is 0 Å².